The van der Waals surface area contributed by atoms with Crippen LogP contribution in [0.4, 0.5) is 17.5 Å². The molecule has 0 unspecified atom stereocenters. The van der Waals surface area contributed by atoms with Gasteiger partial charge < -0.3 is 29.3 Å². The number of anilines is 3. The Kier molecular flexibility index (Phi) is 9.39. The number of pyridine rings is 1. The van der Waals surface area contributed by atoms with Crippen LogP contribution in [-0.2, 0) is 4.79 Å². The molecule has 47 heavy (non-hydrogen) atoms. The van der Waals surface area contributed by atoms with Crippen molar-refractivity contribution in [2.75, 3.05) is 57.6 Å². The zero-order chi connectivity index (χ0) is 33.1. The summed E-state index contributed by atoms with van der Waals surface area (Å²) >= 11 is 6.20. The molecule has 1 aliphatic heterocycles. The molecule has 4 aromatic rings. The number of ether oxygens (including phenoxy) is 1. The predicted molar refractivity (Wildman–Crippen MR) is 181 cm³/mol. The molecule has 0 spiro atoms. The molecule has 1 aromatic carbocycles. The lowest BCUT2D eigenvalue weighted by atomic mass is 10.1. The minimum absolute atomic E-state index is 0.0477. The first-order chi connectivity index (χ1) is 22.7. The Morgan fingerprint density at radius 2 is 1.74 bits per heavy atom. The van der Waals surface area contributed by atoms with E-state index in [0.717, 1.165) is 42.4 Å². The number of carbonyl (C=O) groups excluding carboxylic acids is 3. The zero-order valence-corrected chi connectivity index (χ0v) is 27.4. The van der Waals surface area contributed by atoms with Gasteiger partial charge in [0.1, 0.15) is 22.9 Å². The van der Waals surface area contributed by atoms with Crippen LogP contribution in [0.25, 0.3) is 11.0 Å². The maximum absolute atomic E-state index is 13.0. The smallest absolute Gasteiger partial charge is 0.270 e. The molecule has 13 heteroatoms. The monoisotopic (exact) mass is 656 g/mol. The summed E-state index contributed by atoms with van der Waals surface area (Å²) < 4.78 is 7.21. The Labute approximate surface area is 278 Å². The third kappa shape index (κ3) is 6.92. The van der Waals surface area contributed by atoms with E-state index in [4.69, 9.17) is 21.3 Å². The molecule has 2 fully saturated rings. The van der Waals surface area contributed by atoms with Crippen LogP contribution >= 0.6 is 11.6 Å². The van der Waals surface area contributed by atoms with Gasteiger partial charge in [0.05, 0.1) is 24.0 Å². The number of methoxy groups -OCH3 is 1. The molecule has 1 aliphatic carbocycles. The summed E-state index contributed by atoms with van der Waals surface area (Å²) in [6.45, 7) is 2.26. The topological polar surface area (TPSA) is 126 Å². The molecule has 12 nitrogen and oxygen atoms in total. The number of benzene rings is 1. The fourth-order valence-electron chi connectivity index (χ4n) is 6.11. The Balaban J connectivity index is 1.07. The molecule has 4 heterocycles. The Bertz CT molecular complexity index is 1820. The van der Waals surface area contributed by atoms with Gasteiger partial charge in [-0.15, -0.1) is 0 Å². The normalized spacial score (nSPS) is 15.4. The fourth-order valence-corrected chi connectivity index (χ4v) is 6.37. The first-order valence-electron chi connectivity index (χ1n) is 15.6. The highest BCUT2D eigenvalue weighted by Gasteiger charge is 2.27. The van der Waals surface area contributed by atoms with Gasteiger partial charge in [0.25, 0.3) is 5.91 Å². The number of amides is 2. The summed E-state index contributed by atoms with van der Waals surface area (Å²) in [4.78, 5) is 57.7. The lowest BCUT2D eigenvalue weighted by Gasteiger charge is -2.35. The van der Waals surface area contributed by atoms with E-state index < -0.39 is 0 Å². The zero-order valence-electron chi connectivity index (χ0n) is 26.6. The van der Waals surface area contributed by atoms with Crippen LogP contribution in [0.3, 0.4) is 0 Å². The first kappa shape index (κ1) is 32.0. The number of piperazine rings is 1. The van der Waals surface area contributed by atoms with E-state index in [1.54, 1.807) is 54.5 Å². The maximum Gasteiger partial charge on any atom is 0.270 e. The van der Waals surface area contributed by atoms with Gasteiger partial charge in [-0.05, 0) is 55.3 Å². The number of nitrogens with one attached hydrogen (secondary N) is 1. The number of hydrogen-bond acceptors (Lipinski definition) is 9. The standard InChI is InChI=1S/C34H37ClN8O4/c1-40(2)33(46)28-18-22-20-37-34(39-32(22)43(28)23-6-4-5-7-23)38-30-12-8-24(21-36-30)41-14-16-42(17-15-41)31(45)13-11-29(44)26-10-9-25(47-3)19-27(26)35/h8-13,18-21,23H,4-7,14-17H2,1-3H3,(H,36,37,38,39)/b13-11+. The molecule has 1 saturated heterocycles. The third-order valence-electron chi connectivity index (χ3n) is 8.65. The quantitative estimate of drug-likeness (QED) is 0.193. The van der Waals surface area contributed by atoms with Gasteiger partial charge in [-0.25, -0.2) is 9.97 Å². The lowest BCUT2D eigenvalue weighted by molar-refractivity contribution is -0.126. The van der Waals surface area contributed by atoms with Crippen LogP contribution in [0.1, 0.15) is 52.6 Å². The highest BCUT2D eigenvalue weighted by molar-refractivity contribution is 6.34. The predicted octanol–water partition coefficient (Wildman–Crippen LogP) is 5.14. The minimum Gasteiger partial charge on any atom is -0.497 e. The van der Waals surface area contributed by atoms with Crippen molar-refractivity contribution in [3.8, 4) is 5.75 Å². The average Bonchev–Trinajstić information content (AvgIpc) is 3.75. The van der Waals surface area contributed by atoms with Crippen molar-refractivity contribution in [3.63, 3.8) is 0 Å². The molecule has 6 rings (SSSR count). The van der Waals surface area contributed by atoms with Gasteiger partial charge in [0.2, 0.25) is 11.9 Å². The Hall–Kier alpha value is -4.97. The second-order valence-corrected chi connectivity index (χ2v) is 12.3. The first-order valence-corrected chi connectivity index (χ1v) is 16.0. The van der Waals surface area contributed by atoms with Crippen molar-refractivity contribution >= 4 is 57.7 Å². The average molecular weight is 657 g/mol. The number of halogens is 1. The van der Waals surface area contributed by atoms with Gasteiger partial charge in [-0.1, -0.05) is 24.4 Å². The van der Waals surface area contributed by atoms with Gasteiger partial charge in [-0.3, -0.25) is 14.4 Å². The lowest BCUT2D eigenvalue weighted by Crippen LogP contribution is -2.48. The van der Waals surface area contributed by atoms with Gasteiger partial charge >= 0.3 is 0 Å². The maximum atomic E-state index is 13.0. The van der Waals surface area contributed by atoms with Crippen molar-refractivity contribution in [1.82, 2.24) is 29.3 Å². The number of nitrogens with zero attached hydrogens (tertiary/aromatic N) is 7. The molecule has 1 saturated carbocycles. The van der Waals surface area contributed by atoms with Gasteiger partial charge in [0.15, 0.2) is 5.78 Å². The second kappa shape index (κ2) is 13.8. The van der Waals surface area contributed by atoms with Crippen LogP contribution < -0.4 is 15.0 Å². The van der Waals surface area contributed by atoms with Crippen molar-refractivity contribution in [3.05, 3.63) is 77.2 Å². The molecule has 1 N–H and O–H groups in total. The molecule has 244 valence electrons. The summed E-state index contributed by atoms with van der Waals surface area (Å²) in [7, 11) is 5.04. The summed E-state index contributed by atoms with van der Waals surface area (Å²) in [5.41, 5.74) is 2.62. The molecule has 0 radical (unpaired) electrons. The Morgan fingerprint density at radius 3 is 2.40 bits per heavy atom. The number of fused-ring (bicyclic) bond motifs is 1. The molecule has 3 aromatic heterocycles. The summed E-state index contributed by atoms with van der Waals surface area (Å²) in [6, 6.07) is 10.8. The molecule has 0 bridgehead atoms. The SMILES string of the molecule is COc1ccc(C(=O)/C=C/C(=O)N2CCN(c3ccc(Nc4ncc5cc(C(=O)N(C)C)n(C6CCCC6)c5n4)nc3)CC2)c(Cl)c1. The third-order valence-corrected chi connectivity index (χ3v) is 8.97. The second-order valence-electron chi connectivity index (χ2n) is 11.9. The Morgan fingerprint density at radius 1 is 0.979 bits per heavy atom. The van der Waals surface area contributed by atoms with Gasteiger partial charge in [0, 0.05) is 69.5 Å². The highest BCUT2D eigenvalue weighted by atomic mass is 35.5. The highest BCUT2D eigenvalue weighted by Crippen LogP contribution is 2.35. The summed E-state index contributed by atoms with van der Waals surface area (Å²) in [5, 5.41) is 4.31. The van der Waals surface area contributed by atoms with Crippen molar-refractivity contribution in [1.29, 1.82) is 0 Å². The van der Waals surface area contributed by atoms with E-state index in [2.05, 4.69) is 24.8 Å². The van der Waals surface area contributed by atoms with Crippen molar-refractivity contribution in [2.24, 2.45) is 0 Å². The van der Waals surface area contributed by atoms with Crippen LogP contribution in [0.2, 0.25) is 5.02 Å². The molecule has 2 amide bonds. The number of aromatic nitrogens is 4. The van der Waals surface area contributed by atoms with E-state index in [0.29, 0.717) is 55.0 Å². The number of rotatable bonds is 9. The molecule has 0 atom stereocenters. The number of carbonyl (C=O) groups is 3. The molecule has 2 aliphatic rings. The van der Waals surface area contributed by atoms with E-state index in [1.165, 1.54) is 19.3 Å². The number of ketones is 1. The molecular formula is C34H37ClN8O4. The molecular weight excluding hydrogens is 620 g/mol. The van der Waals surface area contributed by atoms with E-state index in [1.807, 2.05) is 18.2 Å². The summed E-state index contributed by atoms with van der Waals surface area (Å²) in [5.74, 6) is 0.935. The summed E-state index contributed by atoms with van der Waals surface area (Å²) in [6.07, 6.45) is 10.4. The minimum atomic E-state index is -0.346. The van der Waals surface area contributed by atoms with Crippen LogP contribution in [0, 0.1) is 0 Å². The van der Waals surface area contributed by atoms with Crippen molar-refractivity contribution < 1.29 is 19.1 Å². The van der Waals surface area contributed by atoms with E-state index in [-0.39, 0.29) is 28.7 Å². The van der Waals surface area contributed by atoms with Gasteiger partial charge in [-0.2, -0.15) is 4.98 Å². The van der Waals surface area contributed by atoms with E-state index >= 15 is 0 Å². The largest absolute Gasteiger partial charge is 0.497 e. The van der Waals surface area contributed by atoms with Crippen LogP contribution in [0.5, 0.6) is 5.75 Å². The van der Waals surface area contributed by atoms with Crippen molar-refractivity contribution in [2.45, 2.75) is 31.7 Å². The van der Waals surface area contributed by atoms with Crippen LogP contribution in [-0.4, -0.2) is 94.3 Å². The van der Waals surface area contributed by atoms with E-state index in [9.17, 15) is 14.4 Å². The fraction of sp³-hybridized carbons (Fsp3) is 0.353. The number of allylic oxidation sites excluding steroid dienone is 1. The van der Waals surface area contributed by atoms with Crippen LogP contribution in [0.15, 0.2) is 60.9 Å². The number of hydrogen-bond donors (Lipinski definition) is 1.